The Bertz CT molecular complexity index is 2580. The number of halogens is 4. The number of aromatic carboxylic acids is 1. The van der Waals surface area contributed by atoms with Crippen LogP contribution in [0.25, 0.3) is 0 Å². The molecule has 24 heteroatoms. The van der Waals surface area contributed by atoms with Crippen LogP contribution in [0.3, 0.4) is 0 Å². The number of thiophene rings is 6. The van der Waals surface area contributed by atoms with Crippen LogP contribution in [-0.2, 0) is 0 Å². The highest BCUT2D eigenvalue weighted by molar-refractivity contribution is 9.11. The van der Waals surface area contributed by atoms with E-state index >= 15 is 0 Å². The van der Waals surface area contributed by atoms with Gasteiger partial charge in [0.25, 0.3) is 17.7 Å². The van der Waals surface area contributed by atoms with Crippen LogP contribution < -0.4 is 5.73 Å². The molecule has 6 aromatic rings. The fourth-order valence-corrected chi connectivity index (χ4v) is 12.3. The normalized spacial score (nSPS) is 9.88. The van der Waals surface area contributed by atoms with E-state index in [-0.39, 0.29) is 51.4 Å². The highest BCUT2D eigenvalue weighted by Gasteiger charge is 2.19. The fraction of sp³-hybridized carbons (Fsp3) is 0.311. The largest absolute Gasteiger partial charge is 0.505 e. The Labute approximate surface area is 460 Å². The van der Waals surface area contributed by atoms with Gasteiger partial charge in [-0.2, -0.15) is 0 Å². The molecule has 0 saturated heterocycles. The third-order valence-corrected chi connectivity index (χ3v) is 19.2. The van der Waals surface area contributed by atoms with Gasteiger partial charge in [-0.15, -0.1) is 68.0 Å². The van der Waals surface area contributed by atoms with Crippen LogP contribution in [0.1, 0.15) is 108 Å². The number of hydrogen-bond donors (Lipinski definition) is 4. The molecule has 0 radical (unpaired) electrons. The van der Waals surface area contributed by atoms with Gasteiger partial charge < -0.3 is 35.8 Å². The van der Waals surface area contributed by atoms with Crippen molar-refractivity contribution in [1.29, 1.82) is 0 Å². The molecule has 0 bridgehead atoms. The number of hydrogen-bond acceptors (Lipinski definition) is 16. The van der Waals surface area contributed by atoms with Gasteiger partial charge in [-0.1, -0.05) is 0 Å². The van der Waals surface area contributed by atoms with Crippen LogP contribution >= 0.6 is 132 Å². The number of anilines is 1. The monoisotopic (exact) mass is 1310 g/mol. The molecule has 3 amide bonds. The zero-order chi connectivity index (χ0) is 53.4. The molecule has 69 heavy (non-hydrogen) atoms. The molecule has 376 valence electrons. The van der Waals surface area contributed by atoms with E-state index in [1.807, 2.05) is 50.8 Å². The van der Waals surface area contributed by atoms with Crippen molar-refractivity contribution in [2.45, 2.75) is 55.4 Å². The van der Waals surface area contributed by atoms with E-state index in [0.29, 0.717) is 14.2 Å². The topological polar surface area (TPSA) is 211 Å². The molecule has 0 atom stereocenters. The summed E-state index contributed by atoms with van der Waals surface area (Å²) in [5.41, 5.74) is 11.4. The molecule has 0 fully saturated rings. The molecular formula is C45H53Br4N5O9S6. The van der Waals surface area contributed by atoms with Crippen molar-refractivity contribution >= 4 is 184 Å². The summed E-state index contributed by atoms with van der Waals surface area (Å²) in [5.74, 6) is -0.976. The molecular weight excluding hydrogens is 1270 g/mol. The van der Waals surface area contributed by atoms with Crippen LogP contribution in [0, 0.1) is 27.7 Å². The summed E-state index contributed by atoms with van der Waals surface area (Å²) >= 11 is 21.1. The Morgan fingerprint density at radius 3 is 1.07 bits per heavy atom. The quantitative estimate of drug-likeness (QED) is 0.0877. The second-order valence-electron chi connectivity index (χ2n) is 14.9. The lowest BCUT2D eigenvalue weighted by atomic mass is 10.2. The molecule has 6 rings (SSSR count). The van der Waals surface area contributed by atoms with Gasteiger partial charge >= 0.3 is 5.97 Å². The van der Waals surface area contributed by atoms with Crippen molar-refractivity contribution in [3.05, 3.63) is 102 Å². The van der Waals surface area contributed by atoms with Gasteiger partial charge in [-0.3, -0.25) is 29.0 Å². The fourth-order valence-electron chi connectivity index (χ4n) is 4.63. The average Bonchev–Trinajstić information content (AvgIpc) is 4.12. The third-order valence-electron chi connectivity index (χ3n) is 8.44. The summed E-state index contributed by atoms with van der Waals surface area (Å²) in [6.45, 7) is 14.5. The molecule has 0 unspecified atom stereocenters. The summed E-state index contributed by atoms with van der Waals surface area (Å²) in [6.07, 6.45) is 0. The molecule has 5 N–H and O–H groups in total. The number of rotatable bonds is 7. The first kappa shape index (κ1) is 63.4. The van der Waals surface area contributed by atoms with E-state index in [4.69, 9.17) is 15.9 Å². The second-order valence-corrected chi connectivity index (χ2v) is 23.6. The highest BCUT2D eigenvalue weighted by Crippen LogP contribution is 2.35. The zero-order valence-electron chi connectivity index (χ0n) is 40.1. The number of nitrogen functional groups attached to an aromatic ring is 1. The van der Waals surface area contributed by atoms with Crippen molar-refractivity contribution in [3.63, 3.8) is 0 Å². The van der Waals surface area contributed by atoms with E-state index < -0.39 is 5.97 Å². The minimum absolute atomic E-state index is 0.0488. The van der Waals surface area contributed by atoms with Gasteiger partial charge in [0.05, 0.1) is 30.5 Å². The van der Waals surface area contributed by atoms with Crippen molar-refractivity contribution in [1.82, 2.24) is 14.7 Å². The van der Waals surface area contributed by atoms with Crippen molar-refractivity contribution in [2.75, 3.05) is 48.0 Å². The number of aliphatic imine (C=N–C) groups is 1. The minimum atomic E-state index is -0.854. The number of nitrogens with two attached hydrogens (primary N) is 1. The maximum absolute atomic E-state index is 11.8. The summed E-state index contributed by atoms with van der Waals surface area (Å²) in [7, 11) is 10.3. The highest BCUT2D eigenvalue weighted by atomic mass is 79.9. The number of carbonyl (C=O) groups is 6. The molecule has 0 aliphatic heterocycles. The number of ketones is 2. The number of carbonyl (C=O) groups excluding carboxylic acids is 5. The second kappa shape index (κ2) is 29.7. The molecule has 0 saturated carbocycles. The third kappa shape index (κ3) is 19.2. The van der Waals surface area contributed by atoms with Gasteiger partial charge in [-0.05, 0) is 134 Å². The van der Waals surface area contributed by atoms with Gasteiger partial charge in [0, 0.05) is 101 Å². The van der Waals surface area contributed by atoms with Gasteiger partial charge in [0.2, 0.25) is 0 Å². The summed E-state index contributed by atoms with van der Waals surface area (Å²) < 4.78 is 3.50. The number of amides is 3. The molecule has 6 aromatic heterocycles. The predicted molar refractivity (Wildman–Crippen MR) is 303 cm³/mol. The first-order valence-electron chi connectivity index (χ1n) is 19.6. The summed E-state index contributed by atoms with van der Waals surface area (Å²) in [4.78, 5) is 79.0. The number of carboxylic acid groups (broad SMARTS) is 1. The van der Waals surface area contributed by atoms with Crippen LogP contribution in [0.4, 0.5) is 11.4 Å². The Morgan fingerprint density at radius 1 is 0.478 bits per heavy atom. The van der Waals surface area contributed by atoms with Crippen LogP contribution in [0.5, 0.6) is 11.5 Å². The summed E-state index contributed by atoms with van der Waals surface area (Å²) in [5, 5.41) is 37.8. The van der Waals surface area contributed by atoms with E-state index in [2.05, 4.69) is 68.7 Å². The van der Waals surface area contributed by atoms with Crippen LogP contribution in [0.15, 0.2) is 55.2 Å². The molecule has 6 heterocycles. The lowest BCUT2D eigenvalue weighted by Gasteiger charge is -2.08. The number of Topliss-reactive ketones (excluding diaryl/α,β-unsaturated/α-hetero) is 2. The molecule has 0 aliphatic carbocycles. The first-order valence-corrected chi connectivity index (χ1v) is 28.1. The van der Waals surface area contributed by atoms with Gasteiger partial charge in [0.15, 0.2) is 23.1 Å². The molecule has 0 aromatic carbocycles. The Kier molecular flexibility index (Phi) is 27.3. The zero-order valence-corrected chi connectivity index (χ0v) is 51.3. The lowest BCUT2D eigenvalue weighted by Crippen LogP contribution is -2.21. The van der Waals surface area contributed by atoms with Crippen LogP contribution in [0.2, 0.25) is 0 Å². The molecule has 0 spiro atoms. The number of carboxylic acids is 1. The maximum Gasteiger partial charge on any atom is 0.346 e. The van der Waals surface area contributed by atoms with Crippen molar-refractivity contribution < 1.29 is 44.1 Å². The maximum atomic E-state index is 11.8. The minimum Gasteiger partial charge on any atom is -0.505 e. The Morgan fingerprint density at radius 2 is 0.812 bits per heavy atom. The van der Waals surface area contributed by atoms with Crippen LogP contribution in [-0.4, -0.2) is 113 Å². The lowest BCUT2D eigenvalue weighted by molar-refractivity contribution is 0.0699. The van der Waals surface area contributed by atoms with Gasteiger partial charge in [-0.25, -0.2) is 4.79 Å². The van der Waals surface area contributed by atoms with E-state index in [1.54, 1.807) is 82.1 Å². The van der Waals surface area contributed by atoms with Crippen molar-refractivity contribution in [2.24, 2.45) is 4.99 Å². The number of aromatic hydroxyl groups is 2. The molecule has 0 aliphatic rings. The average molecular weight is 1320 g/mol. The SMILES string of the molecule is CC(=O)c1scc(Br)c1C.CC(=O)c1scc(Br)c1O.CC(C)=Nc1csc(C(=O)N(C)C)c1C.CN(C)C(=O)c1scc(N)c1O.Cc1c(Br)csc1C(=O)N(C)C.Cc1c(Br)csc1C(=O)O. The van der Waals surface area contributed by atoms with Gasteiger partial charge in [0.1, 0.15) is 14.6 Å². The van der Waals surface area contributed by atoms with E-state index in [9.17, 15) is 33.9 Å². The Balaban J connectivity index is 0.000000417. The standard InChI is InChI=1S/C11H16N2OS.C8H10BrNOS.C7H7BrOS.C7H10N2O2S.2C6H5BrO2S/c1-7(2)12-9-6-15-10(8(9)3)11(14)13(4)5;1-5-6(9)4-12-7(5)8(11)10(2)3;1-4-6(8)3-10-7(4)5(2)9;1-9(2)7(11)6-5(10)4(8)3-12-6;1-3(8)6-5(9)4(7)2-10-6;1-3-4(7)2-10-5(3)6(8)9/h6H,1-5H3;4H,1-3H3;3H,1-2H3;3,10H,8H2,1-2H3;2,9H,1H3;2H,1H3,(H,8,9). The first-order chi connectivity index (χ1) is 31.9. The summed E-state index contributed by atoms with van der Waals surface area (Å²) in [6, 6.07) is 0. The van der Waals surface area contributed by atoms with E-state index in [1.165, 1.54) is 68.5 Å². The number of nitrogens with zero attached hydrogens (tertiary/aromatic N) is 4. The predicted octanol–water partition coefficient (Wildman–Crippen LogP) is 14.1. The van der Waals surface area contributed by atoms with Crippen molar-refractivity contribution in [3.8, 4) is 11.5 Å². The smallest absolute Gasteiger partial charge is 0.346 e. The molecule has 14 nitrogen and oxygen atoms in total. The van der Waals surface area contributed by atoms with E-state index in [0.717, 1.165) is 73.0 Å². The Hall–Kier alpha value is -3.59.